The molecule has 1 amide bonds. The smallest absolute Gasteiger partial charge is 0.340 e. The van der Waals surface area contributed by atoms with E-state index in [1.165, 1.54) is 4.90 Å². The van der Waals surface area contributed by atoms with Crippen LogP contribution in [0.15, 0.2) is 12.4 Å². The highest BCUT2D eigenvalue weighted by Crippen LogP contribution is 2.28. The van der Waals surface area contributed by atoms with Gasteiger partial charge in [-0.2, -0.15) is 18.3 Å². The number of hydrogen-bond acceptors (Lipinski definition) is 3. The normalized spacial score (nSPS) is 16.8. The van der Waals surface area contributed by atoms with Crippen LogP contribution in [0.5, 0.6) is 0 Å². The van der Waals surface area contributed by atoms with E-state index < -0.39 is 11.7 Å². The molecule has 0 aliphatic carbocycles. The molecule has 1 aromatic heterocycles. The first-order chi connectivity index (χ1) is 8.86. The predicted octanol–water partition coefficient (Wildman–Crippen LogP) is 1.09. The number of Topliss-reactive ketones (excluding diaryl/α,β-unsaturated/α-hetero) is 1. The molecule has 1 aromatic rings. The van der Waals surface area contributed by atoms with Crippen LogP contribution in [0.2, 0.25) is 0 Å². The summed E-state index contributed by atoms with van der Waals surface area (Å²) in [6.07, 6.45) is -2.36. The third kappa shape index (κ3) is 3.33. The Morgan fingerprint density at radius 3 is 2.47 bits per heavy atom. The van der Waals surface area contributed by atoms with E-state index in [2.05, 4.69) is 5.10 Å². The van der Waals surface area contributed by atoms with Gasteiger partial charge in [0.15, 0.2) is 0 Å². The highest BCUT2D eigenvalue weighted by molar-refractivity contribution is 5.83. The summed E-state index contributed by atoms with van der Waals surface area (Å²) >= 11 is 0. The van der Waals surface area contributed by atoms with E-state index in [9.17, 15) is 22.8 Å². The van der Waals surface area contributed by atoms with Gasteiger partial charge in [0, 0.05) is 32.1 Å². The van der Waals surface area contributed by atoms with Crippen LogP contribution in [0, 0.1) is 0 Å². The van der Waals surface area contributed by atoms with E-state index in [-0.39, 0.29) is 18.2 Å². The quantitative estimate of drug-likeness (QED) is 0.812. The minimum absolute atomic E-state index is 0.0995. The Morgan fingerprint density at radius 1 is 1.32 bits per heavy atom. The largest absolute Gasteiger partial charge is 0.419 e. The number of likely N-dealkylation sites (tertiary alicyclic amines) is 1. The summed E-state index contributed by atoms with van der Waals surface area (Å²) < 4.78 is 38.0. The third-order valence-electron chi connectivity index (χ3n) is 2.93. The van der Waals surface area contributed by atoms with E-state index in [4.69, 9.17) is 0 Å². The molecule has 1 aliphatic heterocycles. The van der Waals surface area contributed by atoms with Crippen LogP contribution in [0.4, 0.5) is 13.2 Å². The number of nitrogens with zero attached hydrogens (tertiary/aromatic N) is 3. The zero-order chi connectivity index (χ0) is 14.0. The lowest BCUT2D eigenvalue weighted by molar-refractivity contribution is -0.138. The lowest BCUT2D eigenvalue weighted by Crippen LogP contribution is -2.40. The Hall–Kier alpha value is -1.86. The number of piperidine rings is 1. The zero-order valence-corrected chi connectivity index (χ0v) is 9.98. The fraction of sp³-hybridized carbons (Fsp3) is 0.545. The first-order valence-corrected chi connectivity index (χ1v) is 5.75. The highest BCUT2D eigenvalue weighted by Gasteiger charge is 2.32. The van der Waals surface area contributed by atoms with Crippen molar-refractivity contribution in [3.05, 3.63) is 18.0 Å². The van der Waals surface area contributed by atoms with Crippen LogP contribution in [0.1, 0.15) is 18.4 Å². The van der Waals surface area contributed by atoms with Crippen molar-refractivity contribution in [2.75, 3.05) is 13.1 Å². The predicted molar refractivity (Wildman–Crippen MR) is 58.1 cm³/mol. The summed E-state index contributed by atoms with van der Waals surface area (Å²) in [7, 11) is 0. The van der Waals surface area contributed by atoms with Gasteiger partial charge >= 0.3 is 6.18 Å². The molecule has 1 fully saturated rings. The van der Waals surface area contributed by atoms with E-state index >= 15 is 0 Å². The molecular formula is C11H12F3N3O2. The van der Waals surface area contributed by atoms with E-state index in [1.807, 2.05) is 0 Å². The van der Waals surface area contributed by atoms with Crippen LogP contribution >= 0.6 is 0 Å². The molecule has 2 heterocycles. The summed E-state index contributed by atoms with van der Waals surface area (Å²) in [4.78, 5) is 24.3. The van der Waals surface area contributed by atoms with Crippen LogP contribution in [0.3, 0.4) is 0 Å². The van der Waals surface area contributed by atoms with Crippen molar-refractivity contribution < 1.29 is 22.8 Å². The summed E-state index contributed by atoms with van der Waals surface area (Å²) in [5.41, 5.74) is -0.880. The molecule has 19 heavy (non-hydrogen) atoms. The van der Waals surface area contributed by atoms with Crippen molar-refractivity contribution >= 4 is 11.7 Å². The number of rotatable bonds is 2. The maximum absolute atomic E-state index is 12.4. The van der Waals surface area contributed by atoms with E-state index in [0.717, 1.165) is 10.9 Å². The molecule has 0 aromatic carbocycles. The van der Waals surface area contributed by atoms with Crippen molar-refractivity contribution in [3.8, 4) is 0 Å². The molecule has 104 valence electrons. The van der Waals surface area contributed by atoms with Gasteiger partial charge in [0.2, 0.25) is 5.91 Å². The lowest BCUT2D eigenvalue weighted by Gasteiger charge is -2.25. The lowest BCUT2D eigenvalue weighted by atomic mass is 10.1. The van der Waals surface area contributed by atoms with Crippen LogP contribution in [-0.2, 0) is 22.3 Å². The van der Waals surface area contributed by atoms with Crippen LogP contribution < -0.4 is 0 Å². The first kappa shape index (κ1) is 13.6. The van der Waals surface area contributed by atoms with Gasteiger partial charge in [-0.3, -0.25) is 14.3 Å². The van der Waals surface area contributed by atoms with E-state index in [1.54, 1.807) is 0 Å². The number of amides is 1. The molecule has 1 aliphatic rings. The van der Waals surface area contributed by atoms with Gasteiger partial charge in [0.05, 0.1) is 11.8 Å². The monoisotopic (exact) mass is 275 g/mol. The zero-order valence-electron chi connectivity index (χ0n) is 9.98. The molecular weight excluding hydrogens is 263 g/mol. The minimum Gasteiger partial charge on any atom is -0.340 e. The van der Waals surface area contributed by atoms with Gasteiger partial charge in [0.25, 0.3) is 0 Å². The fourth-order valence-corrected chi connectivity index (χ4v) is 1.84. The Kier molecular flexibility index (Phi) is 3.59. The Morgan fingerprint density at radius 2 is 1.95 bits per heavy atom. The second kappa shape index (κ2) is 5.02. The first-order valence-electron chi connectivity index (χ1n) is 5.75. The van der Waals surface area contributed by atoms with Gasteiger partial charge in [-0.25, -0.2) is 0 Å². The molecule has 0 N–H and O–H groups in total. The second-order valence-corrected chi connectivity index (χ2v) is 4.34. The number of carbonyl (C=O) groups excluding carboxylic acids is 2. The standard InChI is InChI=1S/C11H12F3N3O2/c12-11(13,14)8-5-15-17(6-8)7-10(19)16-3-1-9(18)2-4-16/h5-6H,1-4,7H2. The van der Waals surface area contributed by atoms with Gasteiger partial charge in [-0.05, 0) is 0 Å². The number of hydrogen-bond donors (Lipinski definition) is 0. The minimum atomic E-state index is -4.46. The molecule has 0 atom stereocenters. The number of aromatic nitrogens is 2. The second-order valence-electron chi connectivity index (χ2n) is 4.34. The van der Waals surface area contributed by atoms with Crippen molar-refractivity contribution in [3.63, 3.8) is 0 Å². The molecule has 2 rings (SSSR count). The van der Waals surface area contributed by atoms with Gasteiger partial charge in [-0.15, -0.1) is 0 Å². The summed E-state index contributed by atoms with van der Waals surface area (Å²) in [5, 5.41) is 3.51. The Labute approximate surface area is 107 Å². The molecule has 8 heteroatoms. The molecule has 1 saturated heterocycles. The molecule has 0 radical (unpaired) electrons. The maximum Gasteiger partial charge on any atom is 0.419 e. The fourth-order valence-electron chi connectivity index (χ4n) is 1.84. The summed E-state index contributed by atoms with van der Waals surface area (Å²) in [6.45, 7) is 0.403. The molecule has 0 spiro atoms. The van der Waals surface area contributed by atoms with E-state index in [0.29, 0.717) is 32.1 Å². The van der Waals surface area contributed by atoms with Gasteiger partial charge in [0.1, 0.15) is 12.3 Å². The Bertz CT molecular complexity index is 486. The van der Waals surface area contributed by atoms with Crippen molar-refractivity contribution in [2.45, 2.75) is 25.6 Å². The molecule has 0 bridgehead atoms. The highest BCUT2D eigenvalue weighted by atomic mass is 19.4. The third-order valence-corrected chi connectivity index (χ3v) is 2.93. The number of alkyl halides is 3. The van der Waals surface area contributed by atoms with Gasteiger partial charge < -0.3 is 4.90 Å². The molecule has 5 nitrogen and oxygen atoms in total. The summed E-state index contributed by atoms with van der Waals surface area (Å²) in [6, 6.07) is 0. The average Bonchev–Trinajstić information content (AvgIpc) is 2.78. The SMILES string of the molecule is O=C1CCN(C(=O)Cn2cc(C(F)(F)F)cn2)CC1. The topological polar surface area (TPSA) is 55.2 Å². The van der Waals surface area contributed by atoms with Crippen molar-refractivity contribution in [1.29, 1.82) is 0 Å². The maximum atomic E-state index is 12.4. The number of halogens is 3. The summed E-state index contributed by atoms with van der Waals surface area (Å²) in [5.74, 6) is -0.230. The molecule has 0 saturated carbocycles. The van der Waals surface area contributed by atoms with Crippen LogP contribution in [0.25, 0.3) is 0 Å². The van der Waals surface area contributed by atoms with Crippen molar-refractivity contribution in [2.24, 2.45) is 0 Å². The average molecular weight is 275 g/mol. The Balaban J connectivity index is 1.95. The van der Waals surface area contributed by atoms with Crippen LogP contribution in [-0.4, -0.2) is 39.5 Å². The molecule has 0 unspecified atom stereocenters. The number of ketones is 1. The van der Waals surface area contributed by atoms with Gasteiger partial charge in [-0.1, -0.05) is 0 Å². The van der Waals surface area contributed by atoms with Crippen molar-refractivity contribution in [1.82, 2.24) is 14.7 Å². The number of carbonyl (C=O) groups is 2.